The fourth-order valence-electron chi connectivity index (χ4n) is 2.50. The highest BCUT2D eigenvalue weighted by Crippen LogP contribution is 2.22. The van der Waals surface area contributed by atoms with Gasteiger partial charge in [0.25, 0.3) is 0 Å². The monoisotopic (exact) mass is 318 g/mol. The lowest BCUT2D eigenvalue weighted by atomic mass is 9.94. The fraction of sp³-hybridized carbons (Fsp3) is 0.857. The van der Waals surface area contributed by atoms with Crippen molar-refractivity contribution in [2.24, 2.45) is 0 Å². The summed E-state index contributed by atoms with van der Waals surface area (Å²) in [5.41, 5.74) is -1.01. The van der Waals surface area contributed by atoms with Crippen LogP contribution >= 0.6 is 0 Å². The Labute approximate surface area is 127 Å². The molecule has 0 aliphatic carbocycles. The van der Waals surface area contributed by atoms with Crippen molar-refractivity contribution in [1.29, 1.82) is 0 Å². The molecular weight excluding hydrogens is 292 g/mol. The Morgan fingerprint density at radius 3 is 2.29 bits per heavy atom. The Morgan fingerprint density at radius 2 is 1.76 bits per heavy atom. The number of hydrogen-bond donors (Lipinski definition) is 1. The average molecular weight is 318 g/mol. The largest absolute Gasteiger partial charge is 0.342 e. The normalized spacial score (nSPS) is 22.3. The molecule has 0 bridgehead atoms. The van der Waals surface area contributed by atoms with Gasteiger partial charge in [-0.15, -0.1) is 0 Å². The minimum Gasteiger partial charge on any atom is -0.342 e. The van der Waals surface area contributed by atoms with Crippen molar-refractivity contribution in [1.82, 2.24) is 10.2 Å². The van der Waals surface area contributed by atoms with Crippen LogP contribution in [0.1, 0.15) is 47.0 Å². The van der Waals surface area contributed by atoms with E-state index >= 15 is 0 Å². The van der Waals surface area contributed by atoms with Crippen molar-refractivity contribution >= 4 is 21.7 Å². The van der Waals surface area contributed by atoms with Crippen LogP contribution in [-0.4, -0.2) is 54.8 Å². The first-order valence-electron chi connectivity index (χ1n) is 7.48. The molecule has 0 radical (unpaired) electrons. The van der Waals surface area contributed by atoms with Crippen molar-refractivity contribution in [3.63, 3.8) is 0 Å². The molecule has 122 valence electrons. The van der Waals surface area contributed by atoms with Gasteiger partial charge in [-0.1, -0.05) is 20.3 Å². The van der Waals surface area contributed by atoms with E-state index in [2.05, 4.69) is 5.32 Å². The summed E-state index contributed by atoms with van der Waals surface area (Å²) >= 11 is 0. The van der Waals surface area contributed by atoms with Crippen LogP contribution in [0.25, 0.3) is 0 Å². The van der Waals surface area contributed by atoms with Crippen molar-refractivity contribution in [3.8, 4) is 0 Å². The van der Waals surface area contributed by atoms with E-state index in [0.29, 0.717) is 12.8 Å². The summed E-state index contributed by atoms with van der Waals surface area (Å²) in [7, 11) is -3.18. The van der Waals surface area contributed by atoms with E-state index in [4.69, 9.17) is 0 Å². The molecule has 1 saturated heterocycles. The third-order valence-corrected chi connectivity index (χ3v) is 5.65. The second kappa shape index (κ2) is 6.77. The van der Waals surface area contributed by atoms with Gasteiger partial charge in [0.2, 0.25) is 11.8 Å². The summed E-state index contributed by atoms with van der Waals surface area (Å²) in [5, 5.41) is 2.73. The third-order valence-electron chi connectivity index (χ3n) is 3.82. The second-order valence-corrected chi connectivity index (χ2v) is 8.32. The van der Waals surface area contributed by atoms with Crippen LogP contribution in [0.15, 0.2) is 0 Å². The Balaban J connectivity index is 2.89. The van der Waals surface area contributed by atoms with Gasteiger partial charge in [0, 0.05) is 12.3 Å². The van der Waals surface area contributed by atoms with Gasteiger partial charge >= 0.3 is 0 Å². The van der Waals surface area contributed by atoms with Gasteiger partial charge in [0.05, 0.1) is 5.75 Å². The second-order valence-electron chi connectivity index (χ2n) is 6.02. The number of nitrogens with zero attached hydrogens (tertiary/aromatic N) is 1. The molecular formula is C14H26N2O4S. The molecule has 1 unspecified atom stereocenters. The van der Waals surface area contributed by atoms with E-state index in [9.17, 15) is 18.0 Å². The summed E-state index contributed by atoms with van der Waals surface area (Å²) in [6, 6.07) is -0.538. The maximum Gasteiger partial charge on any atom is 0.246 e. The summed E-state index contributed by atoms with van der Waals surface area (Å²) in [5.74, 6) is -0.399. The maximum absolute atomic E-state index is 12.5. The lowest BCUT2D eigenvalue weighted by Crippen LogP contribution is -2.68. The summed E-state index contributed by atoms with van der Waals surface area (Å²) in [4.78, 5) is 26.0. The average Bonchev–Trinajstić information content (AvgIpc) is 2.36. The number of sulfone groups is 1. The highest BCUT2D eigenvalue weighted by molar-refractivity contribution is 7.91. The van der Waals surface area contributed by atoms with Crippen molar-refractivity contribution in [3.05, 3.63) is 0 Å². The molecule has 1 aliphatic heterocycles. The lowest BCUT2D eigenvalue weighted by Gasteiger charge is -2.44. The van der Waals surface area contributed by atoms with Crippen LogP contribution in [0.3, 0.4) is 0 Å². The zero-order chi connectivity index (χ0) is 16.3. The fourth-order valence-corrected chi connectivity index (χ4v) is 3.79. The van der Waals surface area contributed by atoms with E-state index in [-0.39, 0.29) is 29.9 Å². The molecule has 1 fully saturated rings. The lowest BCUT2D eigenvalue weighted by molar-refractivity contribution is -0.155. The van der Waals surface area contributed by atoms with Crippen LogP contribution < -0.4 is 5.32 Å². The number of amides is 2. The molecule has 1 atom stereocenters. The standard InChI is InChI=1S/C14H26N2O4S/c1-5-7-11-12(17)16(14(3,4)13(18)15-11)8-10-21(19,20)9-6-2/h11H,5-10H2,1-4H3,(H,15,18). The minimum atomic E-state index is -3.18. The van der Waals surface area contributed by atoms with Crippen LogP contribution in [0.2, 0.25) is 0 Å². The first-order chi connectivity index (χ1) is 9.65. The Bertz CT molecular complexity index is 499. The number of carbonyl (C=O) groups is 2. The summed E-state index contributed by atoms with van der Waals surface area (Å²) in [6.07, 6.45) is 1.90. The number of hydrogen-bond acceptors (Lipinski definition) is 4. The molecule has 7 heteroatoms. The molecule has 0 aromatic rings. The van der Waals surface area contributed by atoms with Crippen molar-refractivity contribution in [2.75, 3.05) is 18.1 Å². The first kappa shape index (κ1) is 17.9. The molecule has 0 aromatic heterocycles. The minimum absolute atomic E-state index is 0.0712. The van der Waals surface area contributed by atoms with Gasteiger partial charge in [0.1, 0.15) is 11.6 Å². The number of nitrogens with one attached hydrogen (secondary N) is 1. The Hall–Kier alpha value is -1.11. The SMILES string of the molecule is CCCC1NC(=O)C(C)(C)N(CCS(=O)(=O)CCC)C1=O. The van der Waals surface area contributed by atoms with E-state index in [1.54, 1.807) is 20.8 Å². The van der Waals surface area contributed by atoms with Gasteiger partial charge < -0.3 is 10.2 Å². The molecule has 1 heterocycles. The van der Waals surface area contributed by atoms with Crippen LogP contribution in [-0.2, 0) is 19.4 Å². The molecule has 21 heavy (non-hydrogen) atoms. The van der Waals surface area contributed by atoms with Crippen LogP contribution in [0.5, 0.6) is 0 Å². The zero-order valence-corrected chi connectivity index (χ0v) is 14.1. The predicted molar refractivity (Wildman–Crippen MR) is 81.6 cm³/mol. The van der Waals surface area contributed by atoms with Gasteiger partial charge in [0.15, 0.2) is 9.84 Å². The van der Waals surface area contributed by atoms with Crippen LogP contribution in [0, 0.1) is 0 Å². The highest BCUT2D eigenvalue weighted by Gasteiger charge is 2.45. The van der Waals surface area contributed by atoms with E-state index in [1.807, 2.05) is 6.92 Å². The highest BCUT2D eigenvalue weighted by atomic mass is 32.2. The van der Waals surface area contributed by atoms with Crippen LogP contribution in [0.4, 0.5) is 0 Å². The molecule has 2 amide bonds. The Morgan fingerprint density at radius 1 is 1.14 bits per heavy atom. The number of piperazine rings is 1. The summed E-state index contributed by atoms with van der Waals surface area (Å²) < 4.78 is 23.7. The topological polar surface area (TPSA) is 83.6 Å². The predicted octanol–water partition coefficient (Wildman–Crippen LogP) is 0.717. The molecule has 1 rings (SSSR count). The zero-order valence-electron chi connectivity index (χ0n) is 13.3. The third kappa shape index (κ3) is 4.18. The first-order valence-corrected chi connectivity index (χ1v) is 9.30. The van der Waals surface area contributed by atoms with Gasteiger partial charge in [-0.3, -0.25) is 9.59 Å². The molecule has 1 N–H and O–H groups in total. The Kier molecular flexibility index (Phi) is 5.78. The smallest absolute Gasteiger partial charge is 0.246 e. The summed E-state index contributed by atoms with van der Waals surface area (Å²) in [6.45, 7) is 7.11. The number of rotatable bonds is 7. The van der Waals surface area contributed by atoms with Gasteiger partial charge in [-0.05, 0) is 26.7 Å². The molecule has 6 nitrogen and oxygen atoms in total. The van der Waals surface area contributed by atoms with Gasteiger partial charge in [-0.2, -0.15) is 0 Å². The maximum atomic E-state index is 12.5. The van der Waals surface area contributed by atoms with Crippen molar-refractivity contribution in [2.45, 2.75) is 58.5 Å². The quantitative estimate of drug-likeness (QED) is 0.749. The van der Waals surface area contributed by atoms with E-state index < -0.39 is 21.4 Å². The molecule has 0 spiro atoms. The van der Waals surface area contributed by atoms with Gasteiger partial charge in [-0.25, -0.2) is 8.42 Å². The van der Waals surface area contributed by atoms with E-state index in [0.717, 1.165) is 6.42 Å². The van der Waals surface area contributed by atoms with Crippen molar-refractivity contribution < 1.29 is 18.0 Å². The molecule has 0 saturated carbocycles. The molecule has 0 aromatic carbocycles. The molecule has 1 aliphatic rings. The number of carbonyl (C=O) groups excluding carboxylic acids is 2. The van der Waals surface area contributed by atoms with E-state index in [1.165, 1.54) is 4.90 Å².